The Morgan fingerprint density at radius 2 is 2.19 bits per heavy atom. The van der Waals surface area contributed by atoms with Gasteiger partial charge >= 0.3 is 0 Å². The molecule has 0 spiro atoms. The Balaban J connectivity index is 1.81. The molecule has 4 rings (SSSR count). The average Bonchev–Trinajstić information content (AvgIpc) is 3.30. The van der Waals surface area contributed by atoms with Crippen molar-refractivity contribution >= 4 is 50.4 Å². The summed E-state index contributed by atoms with van der Waals surface area (Å²) in [6.45, 7) is 0. The summed E-state index contributed by atoms with van der Waals surface area (Å²) in [6.07, 6.45) is 1.47. The number of halogens is 3. The van der Waals surface area contributed by atoms with Gasteiger partial charge in [0.05, 0.1) is 11.8 Å². The maximum absolute atomic E-state index is 15.1. The van der Waals surface area contributed by atoms with Gasteiger partial charge in [0.2, 0.25) is 0 Å². The summed E-state index contributed by atoms with van der Waals surface area (Å²) in [7, 11) is 0. The molecule has 0 aliphatic carbocycles. The zero-order chi connectivity index (χ0) is 19.0. The first-order valence-corrected chi connectivity index (χ1v) is 8.83. The molecule has 0 unspecified atom stereocenters. The minimum atomic E-state index is -0.592. The highest BCUT2D eigenvalue weighted by Crippen LogP contribution is 2.29. The number of benzene rings is 2. The van der Waals surface area contributed by atoms with Gasteiger partial charge in [0.25, 0.3) is 11.9 Å². The van der Waals surface area contributed by atoms with Gasteiger partial charge in [-0.15, -0.1) is 5.10 Å². The Morgan fingerprint density at radius 1 is 1.33 bits per heavy atom. The van der Waals surface area contributed by atoms with Crippen LogP contribution in [-0.4, -0.2) is 36.5 Å². The van der Waals surface area contributed by atoms with Crippen LogP contribution in [0.4, 0.5) is 10.3 Å². The fourth-order valence-electron chi connectivity index (χ4n) is 2.70. The lowest BCUT2D eigenvalue weighted by molar-refractivity contribution is 0.102. The fraction of sp³-hybridized carbons (Fsp3) is 0.0625. The van der Waals surface area contributed by atoms with Gasteiger partial charge in [-0.1, -0.05) is 38.7 Å². The van der Waals surface area contributed by atoms with E-state index in [0.29, 0.717) is 16.1 Å². The van der Waals surface area contributed by atoms with E-state index < -0.39 is 11.7 Å². The van der Waals surface area contributed by atoms with E-state index in [-0.39, 0.29) is 29.0 Å². The third kappa shape index (κ3) is 3.40. The number of hydrogen-bond acceptors (Lipinski definition) is 5. The van der Waals surface area contributed by atoms with E-state index in [1.54, 1.807) is 18.2 Å². The van der Waals surface area contributed by atoms with Crippen LogP contribution in [0.15, 0.2) is 35.1 Å². The Morgan fingerprint density at radius 3 is 2.93 bits per heavy atom. The second-order valence-electron chi connectivity index (χ2n) is 5.62. The maximum Gasteiger partial charge on any atom is 0.270 e. The molecule has 2 heterocycles. The van der Waals surface area contributed by atoms with E-state index in [0.717, 1.165) is 4.47 Å². The summed E-state index contributed by atoms with van der Waals surface area (Å²) >= 11 is 9.60. The monoisotopic (exact) mass is 449 g/mol. The van der Waals surface area contributed by atoms with E-state index in [2.05, 4.69) is 51.8 Å². The van der Waals surface area contributed by atoms with Crippen molar-refractivity contribution in [1.29, 1.82) is 0 Å². The number of aromatic nitrogens is 6. The molecule has 0 fully saturated rings. The number of anilines is 1. The molecule has 0 atom stereocenters. The van der Waals surface area contributed by atoms with Crippen LogP contribution in [0.25, 0.3) is 11.0 Å². The number of carbonyl (C=O) groups is 1. The van der Waals surface area contributed by atoms with E-state index in [1.165, 1.54) is 12.4 Å². The minimum absolute atomic E-state index is 0.0160. The molecule has 0 saturated carbocycles. The number of fused-ring (bicyclic) bond motifs is 1. The number of nitrogens with zero attached hydrogens (tertiary/aromatic N) is 4. The summed E-state index contributed by atoms with van der Waals surface area (Å²) in [5.74, 6) is -1.18. The molecule has 8 nitrogen and oxygen atoms in total. The third-order valence-corrected chi connectivity index (χ3v) is 4.80. The van der Waals surface area contributed by atoms with Gasteiger partial charge in [-0.3, -0.25) is 10.1 Å². The van der Waals surface area contributed by atoms with Crippen molar-refractivity contribution in [3.05, 3.63) is 62.6 Å². The summed E-state index contributed by atoms with van der Waals surface area (Å²) in [6, 6.07) is 6.80. The molecule has 0 radical (unpaired) electrons. The van der Waals surface area contributed by atoms with E-state index in [9.17, 15) is 4.79 Å². The first kappa shape index (κ1) is 17.6. The van der Waals surface area contributed by atoms with Gasteiger partial charge in [-0.05, 0) is 29.0 Å². The number of nitrogens with one attached hydrogen (secondary N) is 3. The van der Waals surface area contributed by atoms with E-state index >= 15 is 4.39 Å². The highest BCUT2D eigenvalue weighted by molar-refractivity contribution is 9.10. The van der Waals surface area contributed by atoms with Crippen molar-refractivity contribution in [2.24, 2.45) is 0 Å². The van der Waals surface area contributed by atoms with Crippen molar-refractivity contribution in [2.75, 3.05) is 5.32 Å². The van der Waals surface area contributed by atoms with Crippen LogP contribution in [0.1, 0.15) is 21.5 Å². The van der Waals surface area contributed by atoms with Gasteiger partial charge in [0.15, 0.2) is 5.82 Å². The van der Waals surface area contributed by atoms with Gasteiger partial charge in [-0.2, -0.15) is 5.21 Å². The largest absolute Gasteiger partial charge is 0.344 e. The quantitative estimate of drug-likeness (QED) is 0.441. The Labute approximate surface area is 164 Å². The summed E-state index contributed by atoms with van der Waals surface area (Å²) < 4.78 is 15.9. The van der Waals surface area contributed by atoms with Gasteiger partial charge in [0.1, 0.15) is 5.52 Å². The smallest absolute Gasteiger partial charge is 0.270 e. The lowest BCUT2D eigenvalue weighted by atomic mass is 9.97. The Kier molecular flexibility index (Phi) is 4.58. The highest BCUT2D eigenvalue weighted by atomic mass is 79.9. The molecule has 136 valence electrons. The molecule has 0 aliphatic rings. The van der Waals surface area contributed by atoms with Crippen LogP contribution in [0, 0.1) is 5.82 Å². The van der Waals surface area contributed by atoms with Gasteiger partial charge < -0.3 is 4.98 Å². The molecule has 4 aromatic rings. The van der Waals surface area contributed by atoms with Crippen molar-refractivity contribution in [3.8, 4) is 0 Å². The number of amides is 1. The number of hydrogen-bond donors (Lipinski definition) is 3. The molecule has 27 heavy (non-hydrogen) atoms. The third-order valence-electron chi connectivity index (χ3n) is 3.95. The Hall–Kier alpha value is -2.85. The molecule has 0 aliphatic heterocycles. The Bertz CT molecular complexity index is 1150. The second kappa shape index (κ2) is 7.05. The molecule has 0 saturated heterocycles. The summed E-state index contributed by atoms with van der Waals surface area (Å²) in [4.78, 5) is 19.5. The van der Waals surface area contributed by atoms with Crippen molar-refractivity contribution in [2.45, 2.75) is 6.42 Å². The predicted molar refractivity (Wildman–Crippen MR) is 100 cm³/mol. The first-order valence-electron chi connectivity index (χ1n) is 7.66. The number of rotatable bonds is 4. The van der Waals surface area contributed by atoms with Gasteiger partial charge in [-0.25, -0.2) is 9.37 Å². The van der Waals surface area contributed by atoms with Crippen LogP contribution in [-0.2, 0) is 6.42 Å². The normalized spacial score (nSPS) is 11.1. The van der Waals surface area contributed by atoms with E-state index in [4.69, 9.17) is 11.6 Å². The van der Waals surface area contributed by atoms with Crippen LogP contribution >= 0.6 is 27.5 Å². The molecule has 11 heteroatoms. The van der Waals surface area contributed by atoms with Crippen LogP contribution in [0.3, 0.4) is 0 Å². The van der Waals surface area contributed by atoms with Gasteiger partial charge in [0, 0.05) is 27.0 Å². The number of imidazole rings is 1. The zero-order valence-corrected chi connectivity index (χ0v) is 15.8. The topological polar surface area (TPSA) is 112 Å². The molecule has 2 aromatic heterocycles. The van der Waals surface area contributed by atoms with Crippen LogP contribution < -0.4 is 5.32 Å². The summed E-state index contributed by atoms with van der Waals surface area (Å²) in [5.41, 5.74) is 1.50. The molecular formula is C16H10BrClFN7O. The van der Waals surface area contributed by atoms with Crippen molar-refractivity contribution in [3.63, 3.8) is 0 Å². The zero-order valence-electron chi connectivity index (χ0n) is 13.4. The predicted octanol–water partition coefficient (Wildman–Crippen LogP) is 3.47. The number of tetrazole rings is 1. The maximum atomic E-state index is 15.1. The lowest BCUT2D eigenvalue weighted by Gasteiger charge is -2.12. The fourth-order valence-corrected chi connectivity index (χ4v) is 3.44. The van der Waals surface area contributed by atoms with Crippen molar-refractivity contribution < 1.29 is 9.18 Å². The van der Waals surface area contributed by atoms with Crippen LogP contribution in [0.2, 0.25) is 5.02 Å². The standard InChI is InChI=1S/C16H10BrClFN7O/c17-8-2-1-7(11(18)4-8)3-9-10(15(27)22-16-23-25-26-24-16)5-12-14(13(9)19)21-6-20-12/h1-2,4-6H,3H2,(H,20,21)(H2,22,23,24,25,26,27). The lowest BCUT2D eigenvalue weighted by Crippen LogP contribution is -2.17. The molecule has 3 N–H and O–H groups in total. The van der Waals surface area contributed by atoms with E-state index in [1.807, 2.05) is 0 Å². The number of H-pyrrole nitrogens is 2. The van der Waals surface area contributed by atoms with Crippen LogP contribution in [0.5, 0.6) is 0 Å². The number of carbonyl (C=O) groups excluding carboxylic acids is 1. The number of aromatic amines is 2. The minimum Gasteiger partial charge on any atom is -0.344 e. The first-order chi connectivity index (χ1) is 13.0. The molecular weight excluding hydrogens is 441 g/mol. The molecule has 2 aromatic carbocycles. The summed E-state index contributed by atoms with van der Waals surface area (Å²) in [5, 5.41) is 15.9. The molecule has 0 bridgehead atoms. The SMILES string of the molecule is O=C(Nc1nn[nH]n1)c1cc2[nH]cnc2c(F)c1Cc1ccc(Br)cc1Cl. The highest BCUT2D eigenvalue weighted by Gasteiger charge is 2.22. The van der Waals surface area contributed by atoms with Crippen molar-refractivity contribution in [1.82, 2.24) is 30.6 Å². The second-order valence-corrected chi connectivity index (χ2v) is 6.94. The molecule has 1 amide bonds. The average molecular weight is 451 g/mol.